The number of rotatable bonds is 3. The lowest BCUT2D eigenvalue weighted by Gasteiger charge is -2.28. The van der Waals surface area contributed by atoms with E-state index in [1.807, 2.05) is 6.07 Å². The molecule has 6 nitrogen and oxygen atoms in total. The van der Waals surface area contributed by atoms with Gasteiger partial charge in [-0.15, -0.1) is 10.2 Å². The van der Waals surface area contributed by atoms with E-state index in [9.17, 15) is 4.79 Å². The van der Waals surface area contributed by atoms with Crippen molar-refractivity contribution in [1.29, 1.82) is 0 Å². The topological polar surface area (TPSA) is 70.2 Å². The van der Waals surface area contributed by atoms with Crippen LogP contribution in [-0.4, -0.2) is 47.8 Å². The normalized spacial score (nSPS) is 25.9. The molecule has 0 aromatic carbocycles. The summed E-state index contributed by atoms with van der Waals surface area (Å²) < 4.78 is 0. The number of anilines is 1. The Morgan fingerprint density at radius 1 is 1.33 bits per heavy atom. The number of nitrogens with one attached hydrogen (secondary N) is 2. The van der Waals surface area contributed by atoms with E-state index in [4.69, 9.17) is 0 Å². The molecular formula is C15H23N5O. The first-order valence-electron chi connectivity index (χ1n) is 7.85. The number of carbonyl (C=O) groups excluding carboxylic acids is 1. The monoisotopic (exact) mass is 289 g/mol. The largest absolute Gasteiger partial charge is 0.355 e. The quantitative estimate of drug-likeness (QED) is 0.867. The summed E-state index contributed by atoms with van der Waals surface area (Å²) in [5, 5.41) is 14.7. The SMILES string of the molecule is CC1CC(NC(=O)c2ccc(N3CCCC3)nn2)CCN1. The Kier molecular flexibility index (Phi) is 4.34. The lowest BCUT2D eigenvalue weighted by Crippen LogP contribution is -2.46. The third kappa shape index (κ3) is 3.50. The van der Waals surface area contributed by atoms with E-state index in [1.54, 1.807) is 6.07 Å². The summed E-state index contributed by atoms with van der Waals surface area (Å²) in [5.41, 5.74) is 0.407. The smallest absolute Gasteiger partial charge is 0.272 e. The molecule has 0 aliphatic carbocycles. The second kappa shape index (κ2) is 6.39. The molecule has 21 heavy (non-hydrogen) atoms. The van der Waals surface area contributed by atoms with Crippen LogP contribution >= 0.6 is 0 Å². The molecule has 3 rings (SSSR count). The highest BCUT2D eigenvalue weighted by atomic mass is 16.2. The van der Waals surface area contributed by atoms with Gasteiger partial charge in [-0.05, 0) is 51.3 Å². The predicted octanol–water partition coefficient (Wildman–Crippen LogP) is 0.947. The van der Waals surface area contributed by atoms with Gasteiger partial charge < -0.3 is 15.5 Å². The number of aromatic nitrogens is 2. The Labute approximate surface area is 125 Å². The summed E-state index contributed by atoms with van der Waals surface area (Å²) in [7, 11) is 0. The van der Waals surface area contributed by atoms with Crippen LogP contribution in [0.25, 0.3) is 0 Å². The highest BCUT2D eigenvalue weighted by molar-refractivity contribution is 5.92. The number of amides is 1. The summed E-state index contributed by atoms with van der Waals surface area (Å²) >= 11 is 0. The Morgan fingerprint density at radius 3 is 2.81 bits per heavy atom. The molecule has 1 aromatic heterocycles. The third-order valence-corrected chi connectivity index (χ3v) is 4.27. The van der Waals surface area contributed by atoms with Gasteiger partial charge >= 0.3 is 0 Å². The molecule has 2 saturated heterocycles. The van der Waals surface area contributed by atoms with Gasteiger partial charge in [0.15, 0.2) is 11.5 Å². The molecule has 1 aromatic rings. The van der Waals surface area contributed by atoms with Crippen LogP contribution in [0, 0.1) is 0 Å². The first kappa shape index (κ1) is 14.3. The summed E-state index contributed by atoms with van der Waals surface area (Å²) in [5.74, 6) is 0.758. The minimum Gasteiger partial charge on any atom is -0.355 e. The fourth-order valence-electron chi connectivity index (χ4n) is 3.08. The zero-order valence-electron chi connectivity index (χ0n) is 12.5. The maximum atomic E-state index is 12.2. The van der Waals surface area contributed by atoms with Gasteiger partial charge in [0.1, 0.15) is 0 Å². The second-order valence-corrected chi connectivity index (χ2v) is 6.02. The van der Waals surface area contributed by atoms with Crippen molar-refractivity contribution in [3.05, 3.63) is 17.8 Å². The molecule has 2 aliphatic rings. The number of piperidine rings is 1. The van der Waals surface area contributed by atoms with Gasteiger partial charge in [-0.3, -0.25) is 4.79 Å². The van der Waals surface area contributed by atoms with E-state index in [0.29, 0.717) is 11.7 Å². The number of hydrogen-bond acceptors (Lipinski definition) is 5. The average molecular weight is 289 g/mol. The second-order valence-electron chi connectivity index (χ2n) is 6.02. The van der Waals surface area contributed by atoms with Crippen molar-refractivity contribution in [3.8, 4) is 0 Å². The van der Waals surface area contributed by atoms with E-state index >= 15 is 0 Å². The van der Waals surface area contributed by atoms with Crippen molar-refractivity contribution in [1.82, 2.24) is 20.8 Å². The highest BCUT2D eigenvalue weighted by Crippen LogP contribution is 2.16. The van der Waals surface area contributed by atoms with Crippen LogP contribution in [0.15, 0.2) is 12.1 Å². The number of hydrogen-bond donors (Lipinski definition) is 2. The molecule has 2 fully saturated rings. The predicted molar refractivity (Wildman–Crippen MR) is 81.4 cm³/mol. The van der Waals surface area contributed by atoms with E-state index in [1.165, 1.54) is 12.8 Å². The van der Waals surface area contributed by atoms with E-state index in [2.05, 4.69) is 32.7 Å². The van der Waals surface area contributed by atoms with Crippen molar-refractivity contribution < 1.29 is 4.79 Å². The average Bonchev–Trinajstić information content (AvgIpc) is 3.01. The number of nitrogens with zero attached hydrogens (tertiary/aromatic N) is 3. The van der Waals surface area contributed by atoms with Crippen molar-refractivity contribution in [2.24, 2.45) is 0 Å². The summed E-state index contributed by atoms with van der Waals surface area (Å²) in [6, 6.07) is 4.36. The third-order valence-electron chi connectivity index (χ3n) is 4.27. The molecule has 0 bridgehead atoms. The first-order valence-corrected chi connectivity index (χ1v) is 7.85. The van der Waals surface area contributed by atoms with Crippen molar-refractivity contribution in [2.45, 2.75) is 44.7 Å². The standard InChI is InChI=1S/C15H23N5O/c1-11-10-12(6-7-16-11)17-15(21)13-4-5-14(19-18-13)20-8-2-3-9-20/h4-5,11-12,16H,2-3,6-10H2,1H3,(H,17,21). The van der Waals surface area contributed by atoms with Crippen LogP contribution in [0.3, 0.4) is 0 Å². The molecule has 3 heterocycles. The van der Waals surface area contributed by atoms with Gasteiger partial charge in [0.25, 0.3) is 5.91 Å². The molecule has 6 heteroatoms. The van der Waals surface area contributed by atoms with Crippen LogP contribution in [0.1, 0.15) is 43.1 Å². The summed E-state index contributed by atoms with van der Waals surface area (Å²) in [6.07, 6.45) is 4.34. The fourth-order valence-corrected chi connectivity index (χ4v) is 3.08. The van der Waals surface area contributed by atoms with Crippen LogP contribution in [0.4, 0.5) is 5.82 Å². The van der Waals surface area contributed by atoms with Crippen LogP contribution in [-0.2, 0) is 0 Å². The van der Waals surface area contributed by atoms with Crippen molar-refractivity contribution in [2.75, 3.05) is 24.5 Å². The van der Waals surface area contributed by atoms with Crippen LogP contribution < -0.4 is 15.5 Å². The van der Waals surface area contributed by atoms with Gasteiger partial charge in [0.05, 0.1) is 0 Å². The zero-order chi connectivity index (χ0) is 14.7. The molecule has 0 radical (unpaired) electrons. The first-order chi connectivity index (χ1) is 10.2. The van der Waals surface area contributed by atoms with Gasteiger partial charge in [-0.1, -0.05) is 0 Å². The molecule has 2 unspecified atom stereocenters. The van der Waals surface area contributed by atoms with Gasteiger partial charge in [-0.25, -0.2) is 0 Å². The van der Waals surface area contributed by atoms with Gasteiger partial charge in [0, 0.05) is 25.2 Å². The minimum absolute atomic E-state index is 0.116. The van der Waals surface area contributed by atoms with Crippen LogP contribution in [0.2, 0.25) is 0 Å². The minimum atomic E-state index is -0.116. The van der Waals surface area contributed by atoms with E-state index in [0.717, 1.165) is 38.3 Å². The highest BCUT2D eigenvalue weighted by Gasteiger charge is 2.21. The van der Waals surface area contributed by atoms with Crippen LogP contribution in [0.5, 0.6) is 0 Å². The lowest BCUT2D eigenvalue weighted by molar-refractivity contribution is 0.0919. The molecule has 2 aliphatic heterocycles. The zero-order valence-corrected chi connectivity index (χ0v) is 12.5. The van der Waals surface area contributed by atoms with Gasteiger partial charge in [0.2, 0.25) is 0 Å². The maximum absolute atomic E-state index is 12.2. The van der Waals surface area contributed by atoms with Crippen molar-refractivity contribution in [3.63, 3.8) is 0 Å². The summed E-state index contributed by atoms with van der Waals surface area (Å²) in [4.78, 5) is 14.4. The van der Waals surface area contributed by atoms with Gasteiger partial charge in [-0.2, -0.15) is 0 Å². The molecule has 114 valence electrons. The number of carbonyl (C=O) groups is 1. The Hall–Kier alpha value is -1.69. The van der Waals surface area contributed by atoms with Crippen molar-refractivity contribution >= 4 is 11.7 Å². The molecule has 2 atom stereocenters. The molecule has 0 saturated carbocycles. The fraction of sp³-hybridized carbons (Fsp3) is 0.667. The lowest BCUT2D eigenvalue weighted by atomic mass is 10.0. The summed E-state index contributed by atoms with van der Waals surface area (Å²) in [6.45, 7) is 5.16. The Morgan fingerprint density at radius 2 is 2.14 bits per heavy atom. The maximum Gasteiger partial charge on any atom is 0.272 e. The molecule has 2 N–H and O–H groups in total. The molecular weight excluding hydrogens is 266 g/mol. The molecule has 1 amide bonds. The molecule has 0 spiro atoms. The Bertz CT molecular complexity index is 483. The van der Waals surface area contributed by atoms with E-state index < -0.39 is 0 Å². The van der Waals surface area contributed by atoms with E-state index in [-0.39, 0.29) is 11.9 Å². The Balaban J connectivity index is 1.59.